The first-order valence-corrected chi connectivity index (χ1v) is 7.67. The Morgan fingerprint density at radius 1 is 1.28 bits per heavy atom. The number of sulfonamides is 1. The first kappa shape index (κ1) is 12.9. The van der Waals surface area contributed by atoms with Gasteiger partial charge in [-0.3, -0.25) is 0 Å². The van der Waals surface area contributed by atoms with Gasteiger partial charge in [0.2, 0.25) is 10.0 Å². The Bertz CT molecular complexity index is 593. The Labute approximate surface area is 109 Å². The van der Waals surface area contributed by atoms with Crippen LogP contribution >= 0.6 is 11.5 Å². The average molecular weight is 284 g/mol. The minimum Gasteiger partial charge on any atom is -0.379 e. The van der Waals surface area contributed by atoms with Gasteiger partial charge in [0, 0.05) is 11.1 Å². The molecule has 1 aromatic heterocycles. The molecule has 1 aromatic carbocycles. The second kappa shape index (κ2) is 5.42. The molecule has 0 aliphatic rings. The average Bonchev–Trinajstić information content (AvgIpc) is 2.79. The van der Waals surface area contributed by atoms with E-state index in [9.17, 15) is 8.42 Å². The molecule has 0 unspecified atom stereocenters. The van der Waals surface area contributed by atoms with Gasteiger partial charge >= 0.3 is 0 Å². The van der Waals surface area contributed by atoms with Crippen LogP contribution in [-0.2, 0) is 22.3 Å². The Morgan fingerprint density at radius 3 is 2.56 bits per heavy atom. The summed E-state index contributed by atoms with van der Waals surface area (Å²) in [5, 5.41) is 13.9. The number of aromatic nitrogens is 2. The van der Waals surface area contributed by atoms with E-state index in [2.05, 4.69) is 14.9 Å². The van der Waals surface area contributed by atoms with Crippen LogP contribution in [0.1, 0.15) is 11.3 Å². The summed E-state index contributed by atoms with van der Waals surface area (Å²) < 4.78 is 25.6. The third-order valence-electron chi connectivity index (χ3n) is 2.20. The lowest BCUT2D eigenvalue weighted by Crippen LogP contribution is -2.14. The van der Waals surface area contributed by atoms with Gasteiger partial charge in [0.25, 0.3) is 0 Å². The normalized spacial score (nSPS) is 11.4. The van der Waals surface area contributed by atoms with Crippen molar-refractivity contribution in [1.82, 2.24) is 9.59 Å². The van der Waals surface area contributed by atoms with E-state index < -0.39 is 10.0 Å². The fraction of sp³-hybridized carbons (Fsp3) is 0.200. The van der Waals surface area contributed by atoms with Gasteiger partial charge in [0.15, 0.2) is 0 Å². The lowest BCUT2D eigenvalue weighted by Gasteiger charge is -2.05. The molecule has 3 N–H and O–H groups in total. The number of anilines is 1. The predicted octanol–water partition coefficient (Wildman–Crippen LogP) is 0.939. The van der Waals surface area contributed by atoms with Crippen LogP contribution in [0.25, 0.3) is 0 Å². The van der Waals surface area contributed by atoms with Crippen molar-refractivity contribution in [2.45, 2.75) is 12.3 Å². The van der Waals surface area contributed by atoms with E-state index in [0.29, 0.717) is 12.1 Å². The summed E-state index contributed by atoms with van der Waals surface area (Å²) in [6.45, 7) is 0.588. The van der Waals surface area contributed by atoms with E-state index in [0.717, 1.165) is 11.4 Å². The molecule has 0 radical (unpaired) electrons. The highest BCUT2D eigenvalue weighted by molar-refractivity contribution is 7.88. The molecule has 0 fully saturated rings. The largest absolute Gasteiger partial charge is 0.379 e. The van der Waals surface area contributed by atoms with Crippen LogP contribution in [0, 0.1) is 0 Å². The van der Waals surface area contributed by atoms with E-state index in [1.165, 1.54) is 11.5 Å². The molecule has 6 nitrogen and oxygen atoms in total. The lowest BCUT2D eigenvalue weighted by atomic mass is 10.2. The van der Waals surface area contributed by atoms with E-state index >= 15 is 0 Å². The molecular formula is C10H12N4O2S2. The third kappa shape index (κ3) is 4.06. The van der Waals surface area contributed by atoms with Crippen LogP contribution in [0.2, 0.25) is 0 Å². The predicted molar refractivity (Wildman–Crippen MR) is 70.5 cm³/mol. The van der Waals surface area contributed by atoms with Gasteiger partial charge < -0.3 is 5.32 Å². The smallest absolute Gasteiger partial charge is 0.213 e. The SMILES string of the molecule is NS(=O)(=O)Cc1ccc(NCc2csnn2)cc1. The van der Waals surface area contributed by atoms with Crippen molar-refractivity contribution in [3.63, 3.8) is 0 Å². The van der Waals surface area contributed by atoms with Crippen molar-refractivity contribution < 1.29 is 8.42 Å². The first-order valence-electron chi connectivity index (χ1n) is 5.12. The van der Waals surface area contributed by atoms with E-state index in [1.807, 2.05) is 5.38 Å². The topological polar surface area (TPSA) is 98.0 Å². The lowest BCUT2D eigenvalue weighted by molar-refractivity contribution is 0.597. The molecule has 0 amide bonds. The third-order valence-corrected chi connectivity index (χ3v) is 3.49. The van der Waals surface area contributed by atoms with Crippen molar-refractivity contribution in [3.8, 4) is 0 Å². The summed E-state index contributed by atoms with van der Waals surface area (Å²) in [4.78, 5) is 0. The molecule has 0 aliphatic carbocycles. The fourth-order valence-electron chi connectivity index (χ4n) is 1.40. The Hall–Kier alpha value is -1.51. The van der Waals surface area contributed by atoms with Crippen LogP contribution < -0.4 is 10.5 Å². The molecule has 2 aromatic rings. The molecule has 8 heteroatoms. The van der Waals surface area contributed by atoms with Crippen LogP contribution in [0.3, 0.4) is 0 Å². The van der Waals surface area contributed by atoms with E-state index in [1.54, 1.807) is 24.3 Å². The van der Waals surface area contributed by atoms with Crippen molar-refractivity contribution in [2.24, 2.45) is 5.14 Å². The standard InChI is InChI=1S/C10H12N4O2S2/c11-18(15,16)7-8-1-3-9(4-2-8)12-5-10-6-17-14-13-10/h1-4,6,12H,5,7H2,(H2,11,15,16). The molecule has 0 bridgehead atoms. The summed E-state index contributed by atoms with van der Waals surface area (Å²) >= 11 is 1.30. The van der Waals surface area contributed by atoms with Crippen LogP contribution in [-0.4, -0.2) is 18.0 Å². The van der Waals surface area contributed by atoms with Crippen molar-refractivity contribution in [2.75, 3.05) is 5.32 Å². The van der Waals surface area contributed by atoms with Gasteiger partial charge in [0.1, 0.15) is 0 Å². The van der Waals surface area contributed by atoms with Crippen LogP contribution in [0.15, 0.2) is 29.6 Å². The summed E-state index contributed by atoms with van der Waals surface area (Å²) in [5.41, 5.74) is 2.42. The van der Waals surface area contributed by atoms with Gasteiger partial charge in [0.05, 0.1) is 18.0 Å². The maximum atomic E-state index is 10.9. The summed E-state index contributed by atoms with van der Waals surface area (Å²) in [7, 11) is -3.48. The molecule has 0 atom stereocenters. The zero-order chi connectivity index (χ0) is 13.0. The monoisotopic (exact) mass is 284 g/mol. The number of rotatable bonds is 5. The maximum Gasteiger partial charge on any atom is 0.213 e. The molecule has 1 heterocycles. The number of nitrogens with two attached hydrogens (primary N) is 1. The van der Waals surface area contributed by atoms with Gasteiger partial charge in [-0.15, -0.1) is 5.10 Å². The zero-order valence-electron chi connectivity index (χ0n) is 9.41. The summed E-state index contributed by atoms with van der Waals surface area (Å²) in [6.07, 6.45) is 0. The van der Waals surface area contributed by atoms with Gasteiger partial charge in [-0.2, -0.15) is 0 Å². The Kier molecular flexibility index (Phi) is 3.90. The quantitative estimate of drug-likeness (QED) is 0.851. The highest BCUT2D eigenvalue weighted by Crippen LogP contribution is 2.12. The second-order valence-corrected chi connectivity index (χ2v) is 5.98. The minimum absolute atomic E-state index is 0.150. The molecule has 96 valence electrons. The number of primary sulfonamides is 1. The summed E-state index contributed by atoms with van der Waals surface area (Å²) in [6, 6.07) is 7.07. The Balaban J connectivity index is 1.95. The number of nitrogens with one attached hydrogen (secondary N) is 1. The maximum absolute atomic E-state index is 10.9. The second-order valence-electron chi connectivity index (χ2n) is 3.75. The fourth-order valence-corrected chi connectivity index (χ4v) is 2.51. The molecular weight excluding hydrogens is 272 g/mol. The van der Waals surface area contributed by atoms with E-state index in [4.69, 9.17) is 5.14 Å². The molecule has 18 heavy (non-hydrogen) atoms. The van der Waals surface area contributed by atoms with Gasteiger partial charge in [-0.05, 0) is 29.2 Å². The molecule has 0 saturated carbocycles. The van der Waals surface area contributed by atoms with Crippen molar-refractivity contribution in [3.05, 3.63) is 40.9 Å². The van der Waals surface area contributed by atoms with Crippen molar-refractivity contribution in [1.29, 1.82) is 0 Å². The van der Waals surface area contributed by atoms with Crippen LogP contribution in [0.4, 0.5) is 5.69 Å². The highest BCUT2D eigenvalue weighted by atomic mass is 32.2. The van der Waals surface area contributed by atoms with Gasteiger partial charge in [-0.1, -0.05) is 16.6 Å². The number of hydrogen-bond donors (Lipinski definition) is 2. The van der Waals surface area contributed by atoms with E-state index in [-0.39, 0.29) is 5.75 Å². The molecule has 0 saturated heterocycles. The number of nitrogens with zero attached hydrogens (tertiary/aromatic N) is 2. The molecule has 0 aliphatic heterocycles. The highest BCUT2D eigenvalue weighted by Gasteiger charge is 2.04. The Morgan fingerprint density at radius 2 is 2.00 bits per heavy atom. The van der Waals surface area contributed by atoms with Crippen molar-refractivity contribution >= 4 is 27.2 Å². The minimum atomic E-state index is -3.48. The zero-order valence-corrected chi connectivity index (χ0v) is 11.0. The molecule has 0 spiro atoms. The molecule has 2 rings (SSSR count). The number of benzene rings is 1. The summed E-state index contributed by atoms with van der Waals surface area (Å²) in [5.74, 6) is -0.150. The number of hydrogen-bond acceptors (Lipinski definition) is 6. The van der Waals surface area contributed by atoms with Gasteiger partial charge in [-0.25, -0.2) is 13.6 Å². The first-order chi connectivity index (χ1) is 8.53. The van der Waals surface area contributed by atoms with Crippen LogP contribution in [0.5, 0.6) is 0 Å².